The summed E-state index contributed by atoms with van der Waals surface area (Å²) < 4.78 is 5.00. The Morgan fingerprint density at radius 3 is 1.34 bits per heavy atom. The maximum Gasteiger partial charge on any atom is 0.569 e. The van der Waals surface area contributed by atoms with Gasteiger partial charge in [0, 0.05) is 64.5 Å². The van der Waals surface area contributed by atoms with Gasteiger partial charge in [0.15, 0.2) is 0 Å². The van der Waals surface area contributed by atoms with Gasteiger partial charge in [-0.1, -0.05) is 111 Å². The highest BCUT2D eigenvalue weighted by Crippen LogP contribution is 2.29. The summed E-state index contributed by atoms with van der Waals surface area (Å²) in [5.41, 5.74) is 9.87. The van der Waals surface area contributed by atoms with E-state index in [1.807, 2.05) is 50.5 Å². The maximum atomic E-state index is 13.9. The van der Waals surface area contributed by atoms with Crippen molar-refractivity contribution in [1.29, 1.82) is 0 Å². The molecule has 291 valence electrons. The van der Waals surface area contributed by atoms with Crippen molar-refractivity contribution in [3.8, 4) is 5.75 Å². The molecule has 2 amide bonds. The molecule has 0 spiro atoms. The van der Waals surface area contributed by atoms with Crippen molar-refractivity contribution in [2.75, 3.05) is 28.2 Å². The van der Waals surface area contributed by atoms with E-state index >= 15 is 0 Å². The number of carbonyl (C=O) groups excluding carboxylic acids is 2. The quantitative estimate of drug-likeness (QED) is 0.103. The molecule has 0 aliphatic carbocycles. The molecule has 0 saturated heterocycles. The molecule has 1 radical (unpaired) electrons. The van der Waals surface area contributed by atoms with Crippen LogP contribution in [0.4, 0.5) is 0 Å². The van der Waals surface area contributed by atoms with Crippen LogP contribution in [-0.2, 0) is 44.7 Å². The van der Waals surface area contributed by atoms with Crippen molar-refractivity contribution in [2.45, 2.75) is 72.4 Å². The van der Waals surface area contributed by atoms with E-state index in [1.165, 1.54) is 22.3 Å². The van der Waals surface area contributed by atoms with Crippen molar-refractivity contribution in [2.24, 2.45) is 0 Å². The van der Waals surface area contributed by atoms with Crippen LogP contribution in [0.5, 0.6) is 5.75 Å². The second kappa shape index (κ2) is 19.1. The van der Waals surface area contributed by atoms with Gasteiger partial charge in [-0.2, -0.15) is 0 Å². The molecule has 0 aliphatic rings. The number of carbonyl (C=O) groups is 2. The van der Waals surface area contributed by atoms with Gasteiger partial charge >= 0.3 is 7.69 Å². The first-order valence-electron chi connectivity index (χ1n) is 19.1. The van der Waals surface area contributed by atoms with Crippen LogP contribution >= 0.6 is 0 Å². The number of aryl methyl sites for hydroxylation is 1. The van der Waals surface area contributed by atoms with Crippen LogP contribution in [0, 0.1) is 6.92 Å². The number of benzene rings is 5. The molecular weight excluding hydrogens is 695 g/mol. The van der Waals surface area contributed by atoms with Crippen LogP contribution in [-0.4, -0.2) is 72.3 Å². The van der Waals surface area contributed by atoms with E-state index in [0.29, 0.717) is 37.7 Å². The molecule has 0 aliphatic heterocycles. The van der Waals surface area contributed by atoms with Crippen molar-refractivity contribution in [1.82, 2.24) is 19.6 Å². The number of hydrogen-bond acceptors (Lipinski definition) is 6. The summed E-state index contributed by atoms with van der Waals surface area (Å²) in [5, 5.41) is 8.82. The van der Waals surface area contributed by atoms with Crippen LogP contribution in [0.2, 0.25) is 0 Å². The summed E-state index contributed by atoms with van der Waals surface area (Å²) in [6.45, 7) is 12.5. The predicted molar refractivity (Wildman–Crippen MR) is 226 cm³/mol. The summed E-state index contributed by atoms with van der Waals surface area (Å²) in [6.07, 6.45) is 0. The summed E-state index contributed by atoms with van der Waals surface area (Å²) in [7, 11) is 8.53. The van der Waals surface area contributed by atoms with E-state index in [-0.39, 0.29) is 17.2 Å². The third kappa shape index (κ3) is 11.9. The zero-order chi connectivity index (χ0) is 40.4. The molecule has 5 rings (SSSR count). The third-order valence-corrected chi connectivity index (χ3v) is 9.93. The van der Waals surface area contributed by atoms with Gasteiger partial charge < -0.3 is 19.5 Å². The molecule has 1 N–H and O–H groups in total. The lowest BCUT2D eigenvalue weighted by Crippen LogP contribution is -2.30. The van der Waals surface area contributed by atoms with Gasteiger partial charge in [0.25, 0.3) is 11.8 Å². The number of hydrogen-bond donors (Lipinski definition) is 1. The summed E-state index contributed by atoms with van der Waals surface area (Å²) in [4.78, 5) is 35.6. The van der Waals surface area contributed by atoms with Gasteiger partial charge in [-0.05, 0) is 95.7 Å². The fourth-order valence-electron chi connectivity index (χ4n) is 6.89. The van der Waals surface area contributed by atoms with E-state index in [2.05, 4.69) is 124 Å². The first kappa shape index (κ1) is 41.9. The highest BCUT2D eigenvalue weighted by Gasteiger charge is 2.26. The Kier molecular flexibility index (Phi) is 14.3. The summed E-state index contributed by atoms with van der Waals surface area (Å²) in [6, 6.07) is 38.6. The summed E-state index contributed by atoms with van der Waals surface area (Å²) >= 11 is 0. The molecule has 0 saturated carbocycles. The van der Waals surface area contributed by atoms with Gasteiger partial charge in [0.05, 0.1) is 5.75 Å². The third-order valence-electron chi connectivity index (χ3n) is 9.93. The molecule has 5 aromatic carbocycles. The molecule has 9 heteroatoms. The van der Waals surface area contributed by atoms with Crippen molar-refractivity contribution in [3.05, 3.63) is 171 Å². The van der Waals surface area contributed by atoms with Gasteiger partial charge in [-0.3, -0.25) is 19.4 Å². The lowest BCUT2D eigenvalue weighted by atomic mass is 9.82. The molecule has 0 fully saturated rings. The predicted octanol–water partition coefficient (Wildman–Crippen LogP) is 8.01. The minimum atomic E-state index is -0.355. The highest BCUT2D eigenvalue weighted by atomic mass is 16.5. The molecule has 0 bridgehead atoms. The Morgan fingerprint density at radius 2 is 0.929 bits per heavy atom. The molecule has 0 heterocycles. The Morgan fingerprint density at radius 1 is 0.554 bits per heavy atom. The second-order valence-corrected chi connectivity index (χ2v) is 16.2. The molecule has 5 aromatic rings. The largest absolute Gasteiger partial charge is 0.569 e. The standard InChI is InChI=1S/C47H56BN4O4/c1-34-9-11-35(12-10-34)28-49(5)29-37-15-19-40(20-16-37)33-52(8)46(54)43-26-23-41(27-44(43)47(2,3)4)45(53)51(7)32-39-17-13-36(14-18-39)30-50(6)31-38-21-24-42(25-22-38)56-48-55/h9-27,55H,28-33H2,1-8H3. The Bertz CT molecular complexity index is 2040. The van der Waals surface area contributed by atoms with E-state index < -0.39 is 0 Å². The molecule has 0 atom stereocenters. The smallest absolute Gasteiger partial charge is 0.537 e. The normalized spacial score (nSPS) is 11.5. The lowest BCUT2D eigenvalue weighted by Gasteiger charge is -2.27. The van der Waals surface area contributed by atoms with Crippen molar-refractivity contribution < 1.29 is 19.3 Å². The molecule has 8 nitrogen and oxygen atoms in total. The number of nitrogens with zero attached hydrogens (tertiary/aromatic N) is 4. The van der Waals surface area contributed by atoms with Crippen LogP contribution < -0.4 is 4.65 Å². The monoisotopic (exact) mass is 751 g/mol. The zero-order valence-corrected chi connectivity index (χ0v) is 34.3. The minimum absolute atomic E-state index is 0.0701. The first-order chi connectivity index (χ1) is 26.7. The van der Waals surface area contributed by atoms with Crippen LogP contribution in [0.3, 0.4) is 0 Å². The van der Waals surface area contributed by atoms with Crippen LogP contribution in [0.15, 0.2) is 115 Å². The molecule has 56 heavy (non-hydrogen) atoms. The molecule has 0 aromatic heterocycles. The van der Waals surface area contributed by atoms with E-state index in [1.54, 1.807) is 15.9 Å². The fraction of sp³-hybridized carbons (Fsp3) is 0.319. The number of rotatable bonds is 16. The minimum Gasteiger partial charge on any atom is -0.537 e. The highest BCUT2D eigenvalue weighted by molar-refractivity contribution is 6.17. The fourth-order valence-corrected chi connectivity index (χ4v) is 6.89. The zero-order valence-electron chi connectivity index (χ0n) is 34.3. The topological polar surface area (TPSA) is 76.6 Å². The van der Waals surface area contributed by atoms with Gasteiger partial charge in [0.2, 0.25) is 0 Å². The molecular formula is C47H56BN4O4. The Hall–Kier alpha value is -5.22. The van der Waals surface area contributed by atoms with Gasteiger partial charge in [-0.15, -0.1) is 0 Å². The Labute approximate surface area is 334 Å². The van der Waals surface area contributed by atoms with E-state index in [0.717, 1.165) is 48.4 Å². The molecule has 0 unspecified atom stereocenters. The first-order valence-corrected chi connectivity index (χ1v) is 19.1. The van der Waals surface area contributed by atoms with Crippen molar-refractivity contribution in [3.63, 3.8) is 0 Å². The lowest BCUT2D eigenvalue weighted by molar-refractivity contribution is 0.0771. The Balaban J connectivity index is 1.16. The number of amides is 2. The van der Waals surface area contributed by atoms with Crippen molar-refractivity contribution >= 4 is 19.5 Å². The van der Waals surface area contributed by atoms with E-state index in [9.17, 15) is 9.59 Å². The van der Waals surface area contributed by atoms with Crippen LogP contribution in [0.1, 0.15) is 86.0 Å². The van der Waals surface area contributed by atoms with Crippen LogP contribution in [0.25, 0.3) is 0 Å². The van der Waals surface area contributed by atoms with E-state index in [4.69, 9.17) is 9.68 Å². The maximum absolute atomic E-state index is 13.9. The second-order valence-electron chi connectivity index (χ2n) is 16.2. The average Bonchev–Trinajstić information content (AvgIpc) is 3.17. The SMILES string of the molecule is Cc1ccc(CN(C)Cc2ccc(CN(C)C(=O)c3ccc(C(=O)N(C)Cc4ccc(CN(C)Cc5ccc(O[B]O)cc5)cc4)cc3C(C)(C)C)cc2)cc1. The van der Waals surface area contributed by atoms with Gasteiger partial charge in [0.1, 0.15) is 0 Å². The average molecular weight is 752 g/mol. The summed E-state index contributed by atoms with van der Waals surface area (Å²) in [5.74, 6) is 0.425. The van der Waals surface area contributed by atoms with Gasteiger partial charge in [-0.25, -0.2) is 0 Å².